The summed E-state index contributed by atoms with van der Waals surface area (Å²) < 4.78 is 6.04. The topological polar surface area (TPSA) is 21.3 Å². The third-order valence-electron chi connectivity index (χ3n) is 4.79. The first-order valence-electron chi connectivity index (χ1n) is 7.20. The highest BCUT2D eigenvalue weighted by molar-refractivity contribution is 7.10. The molecule has 0 radical (unpaired) electrons. The lowest BCUT2D eigenvalue weighted by Gasteiger charge is -2.48. The third-order valence-corrected chi connectivity index (χ3v) is 6.58. The van der Waals surface area contributed by atoms with Crippen LogP contribution in [0.25, 0.3) is 0 Å². The summed E-state index contributed by atoms with van der Waals surface area (Å²) in [4.78, 5) is 1.31. The summed E-state index contributed by atoms with van der Waals surface area (Å²) in [5.41, 5.74) is 1.41. The predicted molar refractivity (Wildman–Crippen MR) is 81.1 cm³/mol. The van der Waals surface area contributed by atoms with Crippen molar-refractivity contribution in [3.8, 4) is 0 Å². The second-order valence-corrected chi connectivity index (χ2v) is 7.29. The van der Waals surface area contributed by atoms with Crippen molar-refractivity contribution in [2.75, 3.05) is 13.7 Å². The molecule has 1 N–H and O–H groups in total. The van der Waals surface area contributed by atoms with Crippen LogP contribution in [0.2, 0.25) is 5.02 Å². The maximum atomic E-state index is 6.46. The molecular formula is C15H22ClNOS. The van der Waals surface area contributed by atoms with E-state index >= 15 is 0 Å². The maximum absolute atomic E-state index is 6.46. The molecule has 106 valence electrons. The van der Waals surface area contributed by atoms with E-state index in [0.717, 1.165) is 18.1 Å². The highest BCUT2D eigenvalue weighted by Crippen LogP contribution is 2.48. The minimum absolute atomic E-state index is 0.205. The Morgan fingerprint density at radius 3 is 2.84 bits per heavy atom. The number of thiophene rings is 1. The van der Waals surface area contributed by atoms with E-state index < -0.39 is 0 Å². The van der Waals surface area contributed by atoms with Gasteiger partial charge in [0.2, 0.25) is 0 Å². The quantitative estimate of drug-likeness (QED) is 0.897. The van der Waals surface area contributed by atoms with Crippen LogP contribution in [0.1, 0.15) is 48.6 Å². The molecule has 1 aliphatic carbocycles. The number of halogens is 1. The SMILES string of the molecule is CNC(c1scc(C)c1Cl)C1CCOC2(CCC2)C1. The first-order valence-corrected chi connectivity index (χ1v) is 8.46. The van der Waals surface area contributed by atoms with Gasteiger partial charge in [-0.15, -0.1) is 11.3 Å². The Labute approximate surface area is 124 Å². The highest BCUT2D eigenvalue weighted by Gasteiger charge is 2.44. The summed E-state index contributed by atoms with van der Waals surface area (Å²) in [5, 5.41) is 6.62. The van der Waals surface area contributed by atoms with Gasteiger partial charge in [-0.1, -0.05) is 11.6 Å². The number of nitrogens with one attached hydrogen (secondary N) is 1. The van der Waals surface area contributed by atoms with Gasteiger partial charge in [0.15, 0.2) is 0 Å². The molecule has 3 rings (SSSR count). The molecule has 2 heterocycles. The Bertz CT molecular complexity index is 455. The van der Waals surface area contributed by atoms with E-state index in [-0.39, 0.29) is 5.60 Å². The summed E-state index contributed by atoms with van der Waals surface area (Å²) in [7, 11) is 2.05. The molecule has 1 aromatic rings. The van der Waals surface area contributed by atoms with E-state index in [1.165, 1.54) is 36.1 Å². The van der Waals surface area contributed by atoms with Crippen molar-refractivity contribution in [2.24, 2.45) is 5.92 Å². The zero-order valence-electron chi connectivity index (χ0n) is 11.7. The fraction of sp³-hybridized carbons (Fsp3) is 0.733. The normalized spacial score (nSPS) is 27.2. The van der Waals surface area contributed by atoms with Crippen molar-refractivity contribution >= 4 is 22.9 Å². The molecule has 1 aromatic heterocycles. The molecular weight excluding hydrogens is 278 g/mol. The van der Waals surface area contributed by atoms with Gasteiger partial charge >= 0.3 is 0 Å². The number of rotatable bonds is 3. The smallest absolute Gasteiger partial charge is 0.0686 e. The monoisotopic (exact) mass is 299 g/mol. The molecule has 19 heavy (non-hydrogen) atoms. The highest BCUT2D eigenvalue weighted by atomic mass is 35.5. The fourth-order valence-electron chi connectivity index (χ4n) is 3.51. The second kappa shape index (κ2) is 5.36. The van der Waals surface area contributed by atoms with E-state index in [1.54, 1.807) is 11.3 Å². The number of hydrogen-bond donors (Lipinski definition) is 1. The Balaban J connectivity index is 1.80. The van der Waals surface area contributed by atoms with Crippen LogP contribution in [0.5, 0.6) is 0 Å². The molecule has 1 spiro atoms. The summed E-state index contributed by atoms with van der Waals surface area (Å²) in [6.07, 6.45) is 6.15. The van der Waals surface area contributed by atoms with Crippen LogP contribution in [0, 0.1) is 12.8 Å². The van der Waals surface area contributed by atoms with Gasteiger partial charge in [0.05, 0.1) is 10.6 Å². The van der Waals surface area contributed by atoms with Crippen LogP contribution in [-0.4, -0.2) is 19.3 Å². The molecule has 2 fully saturated rings. The van der Waals surface area contributed by atoms with E-state index in [9.17, 15) is 0 Å². The summed E-state index contributed by atoms with van der Waals surface area (Å²) in [6, 6.07) is 0.382. The maximum Gasteiger partial charge on any atom is 0.0686 e. The van der Waals surface area contributed by atoms with Gasteiger partial charge in [-0.25, -0.2) is 0 Å². The lowest BCUT2D eigenvalue weighted by molar-refractivity contribution is -0.147. The van der Waals surface area contributed by atoms with Crippen molar-refractivity contribution in [2.45, 2.75) is 50.7 Å². The summed E-state index contributed by atoms with van der Waals surface area (Å²) in [5.74, 6) is 0.648. The van der Waals surface area contributed by atoms with Crippen LogP contribution < -0.4 is 5.32 Å². The molecule has 1 aliphatic heterocycles. The molecule has 1 saturated carbocycles. The van der Waals surface area contributed by atoms with Crippen LogP contribution in [0.4, 0.5) is 0 Å². The zero-order valence-corrected chi connectivity index (χ0v) is 13.2. The van der Waals surface area contributed by atoms with Gasteiger partial charge in [0.25, 0.3) is 0 Å². The number of ether oxygens (including phenoxy) is 1. The molecule has 0 bridgehead atoms. The Kier molecular flexibility index (Phi) is 3.91. The minimum Gasteiger partial charge on any atom is -0.375 e. The molecule has 4 heteroatoms. The summed E-state index contributed by atoms with van der Waals surface area (Å²) >= 11 is 8.25. The second-order valence-electron chi connectivity index (χ2n) is 6.00. The van der Waals surface area contributed by atoms with Gasteiger partial charge in [0, 0.05) is 17.5 Å². The Morgan fingerprint density at radius 1 is 1.53 bits per heavy atom. The van der Waals surface area contributed by atoms with E-state index in [0.29, 0.717) is 12.0 Å². The average Bonchev–Trinajstić information content (AvgIpc) is 2.71. The van der Waals surface area contributed by atoms with Crippen molar-refractivity contribution in [3.63, 3.8) is 0 Å². The molecule has 0 amide bonds. The van der Waals surface area contributed by atoms with Crippen molar-refractivity contribution in [1.29, 1.82) is 0 Å². The average molecular weight is 300 g/mol. The standard InChI is InChI=1S/C15H22ClNOS/c1-10-9-19-14(12(10)16)13(17-2)11-4-7-18-15(8-11)5-3-6-15/h9,11,13,17H,3-8H2,1-2H3. The van der Waals surface area contributed by atoms with Crippen LogP contribution >= 0.6 is 22.9 Å². The van der Waals surface area contributed by atoms with Crippen LogP contribution in [0.3, 0.4) is 0 Å². The molecule has 2 unspecified atom stereocenters. The molecule has 2 nitrogen and oxygen atoms in total. The van der Waals surface area contributed by atoms with Crippen LogP contribution in [-0.2, 0) is 4.74 Å². The summed E-state index contributed by atoms with van der Waals surface area (Å²) in [6.45, 7) is 3.00. The zero-order chi connectivity index (χ0) is 13.5. The molecule has 0 aromatic carbocycles. The van der Waals surface area contributed by atoms with Gasteiger partial charge in [-0.2, -0.15) is 0 Å². The lowest BCUT2D eigenvalue weighted by atomic mass is 9.70. The largest absolute Gasteiger partial charge is 0.375 e. The molecule has 1 saturated heterocycles. The van der Waals surface area contributed by atoms with Gasteiger partial charge in [-0.05, 0) is 62.9 Å². The first-order chi connectivity index (χ1) is 9.15. The molecule has 2 aliphatic rings. The predicted octanol–water partition coefficient (Wildman–Crippen LogP) is 4.32. The lowest BCUT2D eigenvalue weighted by Crippen LogP contribution is -2.47. The van der Waals surface area contributed by atoms with E-state index in [1.807, 2.05) is 0 Å². The van der Waals surface area contributed by atoms with E-state index in [4.69, 9.17) is 16.3 Å². The molecule has 2 atom stereocenters. The fourth-order valence-corrected chi connectivity index (χ4v) is 5.02. The Hall–Kier alpha value is -0.0900. The van der Waals surface area contributed by atoms with Crippen molar-refractivity contribution < 1.29 is 4.74 Å². The first kappa shape index (κ1) is 13.9. The number of hydrogen-bond acceptors (Lipinski definition) is 3. The van der Waals surface area contributed by atoms with Gasteiger partial charge in [-0.3, -0.25) is 0 Å². The van der Waals surface area contributed by atoms with Crippen molar-refractivity contribution in [1.82, 2.24) is 5.32 Å². The van der Waals surface area contributed by atoms with Gasteiger partial charge < -0.3 is 10.1 Å². The number of aryl methyl sites for hydroxylation is 1. The Morgan fingerprint density at radius 2 is 2.32 bits per heavy atom. The van der Waals surface area contributed by atoms with Crippen LogP contribution in [0.15, 0.2) is 5.38 Å². The van der Waals surface area contributed by atoms with Gasteiger partial charge in [0.1, 0.15) is 0 Å². The third kappa shape index (κ3) is 2.46. The van der Waals surface area contributed by atoms with Crippen molar-refractivity contribution in [3.05, 3.63) is 20.8 Å². The minimum atomic E-state index is 0.205. The van der Waals surface area contributed by atoms with E-state index in [2.05, 4.69) is 24.7 Å².